The van der Waals surface area contributed by atoms with Crippen molar-refractivity contribution in [3.8, 4) is 0 Å². The number of esters is 1. The zero-order chi connectivity index (χ0) is 8.27. The summed E-state index contributed by atoms with van der Waals surface area (Å²) in [6.45, 7) is 3.43. The van der Waals surface area contributed by atoms with Gasteiger partial charge in [0.05, 0.1) is 0 Å². The third kappa shape index (κ3) is 2.58. The standard InChI is InChI=1S/C9H12O2/c1-7-4-3-5-9(6-7)11-8(2)10/h4,6H,3,5H2,1-2H3. The Morgan fingerprint density at radius 1 is 1.64 bits per heavy atom. The van der Waals surface area contributed by atoms with Gasteiger partial charge in [-0.15, -0.1) is 0 Å². The molecule has 2 nitrogen and oxygen atoms in total. The van der Waals surface area contributed by atoms with E-state index >= 15 is 0 Å². The molecule has 0 saturated heterocycles. The fraction of sp³-hybridized carbons (Fsp3) is 0.444. The molecule has 0 aromatic rings. The smallest absolute Gasteiger partial charge is 0.307 e. The second-order valence-electron chi connectivity index (χ2n) is 2.69. The van der Waals surface area contributed by atoms with Crippen molar-refractivity contribution < 1.29 is 9.53 Å². The van der Waals surface area contributed by atoms with Crippen molar-refractivity contribution in [3.05, 3.63) is 23.5 Å². The van der Waals surface area contributed by atoms with Crippen molar-refractivity contribution >= 4 is 5.97 Å². The molecule has 0 fully saturated rings. The van der Waals surface area contributed by atoms with Crippen molar-refractivity contribution in [1.82, 2.24) is 0 Å². The Kier molecular flexibility index (Phi) is 2.47. The highest BCUT2D eigenvalue weighted by Gasteiger charge is 2.05. The summed E-state index contributed by atoms with van der Waals surface area (Å²) < 4.78 is 4.94. The molecule has 60 valence electrons. The number of carbonyl (C=O) groups is 1. The molecule has 0 saturated carbocycles. The molecule has 0 N–H and O–H groups in total. The van der Waals surface area contributed by atoms with Crippen molar-refractivity contribution in [2.75, 3.05) is 0 Å². The van der Waals surface area contributed by atoms with Gasteiger partial charge in [-0.1, -0.05) is 11.6 Å². The molecule has 0 aromatic carbocycles. The van der Waals surface area contributed by atoms with Gasteiger partial charge in [0.1, 0.15) is 5.76 Å². The predicted molar refractivity (Wildman–Crippen MR) is 42.8 cm³/mol. The molecule has 0 heterocycles. The average molecular weight is 152 g/mol. The van der Waals surface area contributed by atoms with Gasteiger partial charge in [0, 0.05) is 13.3 Å². The molecule has 0 unspecified atom stereocenters. The van der Waals surface area contributed by atoms with Gasteiger partial charge in [-0.25, -0.2) is 0 Å². The van der Waals surface area contributed by atoms with E-state index in [1.54, 1.807) is 0 Å². The summed E-state index contributed by atoms with van der Waals surface area (Å²) in [6, 6.07) is 0. The Bertz CT molecular complexity index is 224. The maximum absolute atomic E-state index is 10.5. The van der Waals surface area contributed by atoms with Gasteiger partial charge in [0.2, 0.25) is 0 Å². The minimum absolute atomic E-state index is 0.231. The summed E-state index contributed by atoms with van der Waals surface area (Å²) in [7, 11) is 0. The fourth-order valence-corrected chi connectivity index (χ4v) is 1.09. The lowest BCUT2D eigenvalue weighted by atomic mass is 10.1. The van der Waals surface area contributed by atoms with Crippen LogP contribution in [0.1, 0.15) is 26.7 Å². The topological polar surface area (TPSA) is 26.3 Å². The van der Waals surface area contributed by atoms with Crippen LogP contribution in [0, 0.1) is 0 Å². The van der Waals surface area contributed by atoms with E-state index in [1.807, 2.05) is 13.0 Å². The average Bonchev–Trinajstić information content (AvgIpc) is 1.85. The molecule has 11 heavy (non-hydrogen) atoms. The highest BCUT2D eigenvalue weighted by Crippen LogP contribution is 2.17. The van der Waals surface area contributed by atoms with Crippen molar-refractivity contribution in [2.45, 2.75) is 26.7 Å². The van der Waals surface area contributed by atoms with Gasteiger partial charge < -0.3 is 4.74 Å². The fourth-order valence-electron chi connectivity index (χ4n) is 1.09. The molecular formula is C9H12O2. The highest BCUT2D eigenvalue weighted by atomic mass is 16.5. The second kappa shape index (κ2) is 3.37. The minimum atomic E-state index is -0.231. The van der Waals surface area contributed by atoms with Crippen LogP contribution in [0.25, 0.3) is 0 Å². The highest BCUT2D eigenvalue weighted by molar-refractivity contribution is 5.67. The summed E-state index contributed by atoms with van der Waals surface area (Å²) >= 11 is 0. The zero-order valence-electron chi connectivity index (χ0n) is 6.89. The quantitative estimate of drug-likeness (QED) is 0.538. The normalized spacial score (nSPS) is 16.9. The molecule has 0 bridgehead atoms. The minimum Gasteiger partial charge on any atom is -0.431 e. The number of hydrogen-bond donors (Lipinski definition) is 0. The lowest BCUT2D eigenvalue weighted by Crippen LogP contribution is -2.01. The SMILES string of the molecule is CC(=O)OC1=CC(C)=CCC1. The second-order valence-corrected chi connectivity index (χ2v) is 2.69. The van der Waals surface area contributed by atoms with Gasteiger partial charge in [-0.2, -0.15) is 0 Å². The van der Waals surface area contributed by atoms with E-state index < -0.39 is 0 Å². The predicted octanol–water partition coefficient (Wildman–Crippen LogP) is 2.17. The summed E-state index contributed by atoms with van der Waals surface area (Å²) in [5, 5.41) is 0. The molecule has 1 aliphatic carbocycles. The van der Waals surface area contributed by atoms with Crippen LogP contribution in [0.15, 0.2) is 23.5 Å². The zero-order valence-corrected chi connectivity index (χ0v) is 6.89. The first-order valence-corrected chi connectivity index (χ1v) is 3.74. The molecule has 0 aromatic heterocycles. The number of rotatable bonds is 1. The largest absolute Gasteiger partial charge is 0.431 e. The van der Waals surface area contributed by atoms with Crippen LogP contribution >= 0.6 is 0 Å². The Labute approximate surface area is 66.5 Å². The Morgan fingerprint density at radius 3 is 2.91 bits per heavy atom. The Morgan fingerprint density at radius 2 is 2.36 bits per heavy atom. The molecule has 0 radical (unpaired) electrons. The van der Waals surface area contributed by atoms with Crippen LogP contribution in [-0.4, -0.2) is 5.97 Å². The van der Waals surface area contributed by atoms with Crippen LogP contribution in [-0.2, 0) is 9.53 Å². The summed E-state index contributed by atoms with van der Waals surface area (Å²) in [5.41, 5.74) is 1.17. The van der Waals surface area contributed by atoms with Gasteiger partial charge in [-0.3, -0.25) is 4.79 Å². The molecule has 2 heteroatoms. The van der Waals surface area contributed by atoms with Crippen molar-refractivity contribution in [1.29, 1.82) is 0 Å². The summed E-state index contributed by atoms with van der Waals surface area (Å²) in [6.07, 6.45) is 5.86. The molecule has 1 rings (SSSR count). The van der Waals surface area contributed by atoms with Crippen molar-refractivity contribution in [3.63, 3.8) is 0 Å². The molecule has 0 aliphatic heterocycles. The summed E-state index contributed by atoms with van der Waals surface area (Å²) in [5.74, 6) is 0.559. The van der Waals surface area contributed by atoms with Gasteiger partial charge in [-0.05, 0) is 19.4 Å². The van der Waals surface area contributed by atoms with E-state index in [0.29, 0.717) is 0 Å². The first-order valence-electron chi connectivity index (χ1n) is 3.74. The Hall–Kier alpha value is -1.05. The number of carbonyl (C=O) groups excluding carboxylic acids is 1. The monoisotopic (exact) mass is 152 g/mol. The molecule has 0 spiro atoms. The van der Waals surface area contributed by atoms with Gasteiger partial charge >= 0.3 is 5.97 Å². The molecule has 0 amide bonds. The maximum Gasteiger partial charge on any atom is 0.307 e. The van der Waals surface area contributed by atoms with E-state index in [4.69, 9.17) is 4.74 Å². The van der Waals surface area contributed by atoms with Crippen LogP contribution < -0.4 is 0 Å². The molecular weight excluding hydrogens is 140 g/mol. The van der Waals surface area contributed by atoms with E-state index in [9.17, 15) is 4.79 Å². The first kappa shape index (κ1) is 8.05. The maximum atomic E-state index is 10.5. The van der Waals surface area contributed by atoms with Crippen molar-refractivity contribution in [2.24, 2.45) is 0 Å². The van der Waals surface area contributed by atoms with Gasteiger partial charge in [0.25, 0.3) is 0 Å². The first-order chi connectivity index (χ1) is 5.18. The molecule has 0 atom stereocenters. The van der Waals surface area contributed by atoms with Crippen LogP contribution in [0.4, 0.5) is 0 Å². The lowest BCUT2D eigenvalue weighted by Gasteiger charge is -2.09. The Balaban J connectivity index is 2.58. The van der Waals surface area contributed by atoms with Crippen LogP contribution in [0.2, 0.25) is 0 Å². The van der Waals surface area contributed by atoms with E-state index in [2.05, 4.69) is 6.08 Å². The number of allylic oxidation sites excluding steroid dienone is 4. The van der Waals surface area contributed by atoms with Crippen LogP contribution in [0.3, 0.4) is 0 Å². The molecule has 1 aliphatic rings. The van der Waals surface area contributed by atoms with Gasteiger partial charge in [0.15, 0.2) is 0 Å². The van der Waals surface area contributed by atoms with Crippen LogP contribution in [0.5, 0.6) is 0 Å². The third-order valence-electron chi connectivity index (χ3n) is 1.52. The summed E-state index contributed by atoms with van der Waals surface area (Å²) in [4.78, 5) is 10.5. The number of ether oxygens (including phenoxy) is 1. The van der Waals surface area contributed by atoms with E-state index in [1.165, 1.54) is 12.5 Å². The third-order valence-corrected chi connectivity index (χ3v) is 1.52. The van der Waals surface area contributed by atoms with E-state index in [0.717, 1.165) is 18.6 Å². The number of hydrogen-bond acceptors (Lipinski definition) is 2. The lowest BCUT2D eigenvalue weighted by molar-refractivity contribution is -0.137. The van der Waals surface area contributed by atoms with E-state index in [-0.39, 0.29) is 5.97 Å².